The third kappa shape index (κ3) is 4.21. The van der Waals surface area contributed by atoms with Crippen molar-refractivity contribution in [1.82, 2.24) is 4.23 Å². The molecule has 0 rings (SSSR count). The van der Waals surface area contributed by atoms with Gasteiger partial charge in [-0.1, -0.05) is 32.7 Å². The summed E-state index contributed by atoms with van der Waals surface area (Å²) in [4.78, 5) is 0. The van der Waals surface area contributed by atoms with Crippen molar-refractivity contribution in [2.45, 2.75) is 32.7 Å². The molecular weight excluding hydrogens is 158 g/mol. The highest BCUT2D eigenvalue weighted by atomic mass is 28.4. The van der Waals surface area contributed by atoms with Gasteiger partial charge in [-0.05, 0) is 7.05 Å². The predicted molar refractivity (Wildman–Crippen MR) is 53.6 cm³/mol. The Hall–Kier alpha value is 0.354. The van der Waals surface area contributed by atoms with Gasteiger partial charge in [-0.15, -0.1) is 0 Å². The van der Waals surface area contributed by atoms with Crippen molar-refractivity contribution < 1.29 is 5.48 Å². The average Bonchev–Trinajstić information content (AvgIpc) is 1.62. The van der Waals surface area contributed by atoms with Crippen molar-refractivity contribution in [3.8, 4) is 0 Å². The third-order valence-electron chi connectivity index (χ3n) is 1.83. The van der Waals surface area contributed by atoms with Crippen LogP contribution in [0.25, 0.3) is 0 Å². The van der Waals surface area contributed by atoms with E-state index in [0.29, 0.717) is 0 Å². The molecule has 0 aliphatic carbocycles. The topological polar surface area (TPSA) is 34.7 Å². The lowest BCUT2D eigenvalue weighted by atomic mass is 11.6. The SMILES string of the molecule is CN([SiH](C)C)[Si](C)(C)C.O. The van der Waals surface area contributed by atoms with Gasteiger partial charge in [0, 0.05) is 0 Å². The molecule has 0 aromatic heterocycles. The van der Waals surface area contributed by atoms with Crippen LogP contribution in [-0.2, 0) is 0 Å². The highest BCUT2D eigenvalue weighted by Gasteiger charge is 2.21. The molecule has 64 valence electrons. The van der Waals surface area contributed by atoms with Crippen molar-refractivity contribution >= 4 is 17.2 Å². The Morgan fingerprint density at radius 2 is 1.40 bits per heavy atom. The molecule has 4 heteroatoms. The van der Waals surface area contributed by atoms with Gasteiger partial charge in [0.25, 0.3) is 0 Å². The zero-order valence-corrected chi connectivity index (χ0v) is 10.2. The van der Waals surface area contributed by atoms with Crippen LogP contribution in [0.3, 0.4) is 0 Å². The summed E-state index contributed by atoms with van der Waals surface area (Å²) in [6.07, 6.45) is 0. The number of hydrogen-bond donors (Lipinski definition) is 0. The Labute approximate surface area is 67.3 Å². The Balaban J connectivity index is 0. The second-order valence-electron chi connectivity index (χ2n) is 3.88. The van der Waals surface area contributed by atoms with Crippen LogP contribution in [0.2, 0.25) is 32.7 Å². The molecule has 0 aliphatic rings. The van der Waals surface area contributed by atoms with Gasteiger partial charge >= 0.3 is 0 Å². The van der Waals surface area contributed by atoms with Gasteiger partial charge < -0.3 is 9.71 Å². The minimum Gasteiger partial charge on any atom is -0.412 e. The maximum atomic E-state index is 2.63. The predicted octanol–water partition coefficient (Wildman–Crippen LogP) is 0.912. The van der Waals surface area contributed by atoms with Crippen LogP contribution in [0.4, 0.5) is 0 Å². The number of nitrogens with zero attached hydrogens (tertiary/aromatic N) is 1. The molecule has 0 aromatic rings. The van der Waals surface area contributed by atoms with Gasteiger partial charge in [-0.2, -0.15) is 0 Å². The minimum absolute atomic E-state index is 0. The monoisotopic (exact) mass is 179 g/mol. The van der Waals surface area contributed by atoms with E-state index in [4.69, 9.17) is 0 Å². The maximum Gasteiger partial charge on any atom is 0.111 e. The third-order valence-corrected chi connectivity index (χ3v) is 9.37. The lowest BCUT2D eigenvalue weighted by Crippen LogP contribution is -2.49. The lowest BCUT2D eigenvalue weighted by Gasteiger charge is -2.33. The fraction of sp³-hybridized carbons (Fsp3) is 1.00. The minimum atomic E-state index is -0.929. The van der Waals surface area contributed by atoms with Crippen molar-refractivity contribution in [2.75, 3.05) is 7.05 Å². The van der Waals surface area contributed by atoms with Crippen LogP contribution in [0.1, 0.15) is 0 Å². The van der Waals surface area contributed by atoms with Crippen LogP contribution in [0.15, 0.2) is 0 Å². The Morgan fingerprint density at radius 1 is 1.10 bits per heavy atom. The molecule has 10 heavy (non-hydrogen) atoms. The average molecular weight is 179 g/mol. The molecule has 0 atom stereocenters. The van der Waals surface area contributed by atoms with E-state index in [2.05, 4.69) is 44.0 Å². The second kappa shape index (κ2) is 4.28. The lowest BCUT2D eigenvalue weighted by molar-refractivity contribution is 0.784. The van der Waals surface area contributed by atoms with Gasteiger partial charge in [0.15, 0.2) is 0 Å². The van der Waals surface area contributed by atoms with E-state index >= 15 is 0 Å². The zero-order valence-electron chi connectivity index (χ0n) is 8.02. The summed E-state index contributed by atoms with van der Waals surface area (Å²) in [5.41, 5.74) is 0. The van der Waals surface area contributed by atoms with Crippen molar-refractivity contribution in [1.29, 1.82) is 0 Å². The molecule has 0 saturated carbocycles. The van der Waals surface area contributed by atoms with Gasteiger partial charge in [0.05, 0.1) is 8.96 Å². The molecule has 2 N–H and O–H groups in total. The van der Waals surface area contributed by atoms with E-state index in [-0.39, 0.29) is 5.48 Å². The fourth-order valence-electron chi connectivity index (χ4n) is 0.775. The van der Waals surface area contributed by atoms with Crippen LogP contribution in [0.5, 0.6) is 0 Å². The normalized spacial score (nSPS) is 12.0. The Bertz CT molecular complexity index is 90.2. The van der Waals surface area contributed by atoms with E-state index in [1.54, 1.807) is 0 Å². The van der Waals surface area contributed by atoms with Crippen LogP contribution >= 0.6 is 0 Å². The summed E-state index contributed by atoms with van der Waals surface area (Å²) in [6.45, 7) is 12.0. The first-order valence-electron chi connectivity index (χ1n) is 3.58. The molecule has 0 saturated heterocycles. The molecular formula is C6H21NOSi2. The summed E-state index contributed by atoms with van der Waals surface area (Å²) >= 11 is 0. The molecule has 0 aliphatic heterocycles. The van der Waals surface area contributed by atoms with Crippen LogP contribution in [0, 0.1) is 0 Å². The first-order chi connectivity index (χ1) is 3.85. The largest absolute Gasteiger partial charge is 0.412 e. The van der Waals surface area contributed by atoms with E-state index < -0.39 is 17.2 Å². The maximum absolute atomic E-state index is 2.63. The van der Waals surface area contributed by atoms with Crippen molar-refractivity contribution in [2.24, 2.45) is 0 Å². The molecule has 0 amide bonds. The quantitative estimate of drug-likeness (QED) is 0.580. The summed E-state index contributed by atoms with van der Waals surface area (Å²) in [7, 11) is 0.858. The second-order valence-corrected chi connectivity index (χ2v) is 12.4. The summed E-state index contributed by atoms with van der Waals surface area (Å²) in [5.74, 6) is 0. The molecule has 0 fully saturated rings. The first-order valence-corrected chi connectivity index (χ1v) is 9.86. The van der Waals surface area contributed by atoms with Gasteiger partial charge in [0.2, 0.25) is 0 Å². The standard InChI is InChI=1S/C6H19NSi2.H2O/c1-7(8(2)3)9(4,5)6;/h8H,1-6H3;1H2. The molecule has 0 radical (unpaired) electrons. The van der Waals surface area contributed by atoms with Crippen LogP contribution < -0.4 is 0 Å². The molecule has 0 aromatic carbocycles. The Kier molecular flexibility index (Phi) is 5.55. The highest BCUT2D eigenvalue weighted by Crippen LogP contribution is 2.07. The summed E-state index contributed by atoms with van der Waals surface area (Å²) in [6, 6.07) is 0. The van der Waals surface area contributed by atoms with Crippen LogP contribution in [-0.4, -0.2) is 33.9 Å². The Morgan fingerprint density at radius 3 is 1.40 bits per heavy atom. The number of hydrogen-bond acceptors (Lipinski definition) is 1. The van der Waals surface area contributed by atoms with E-state index in [1.807, 2.05) is 0 Å². The van der Waals surface area contributed by atoms with Gasteiger partial charge in [-0.3, -0.25) is 0 Å². The zero-order chi connectivity index (χ0) is 7.65. The van der Waals surface area contributed by atoms with E-state index in [0.717, 1.165) is 0 Å². The molecule has 0 bridgehead atoms. The van der Waals surface area contributed by atoms with E-state index in [9.17, 15) is 0 Å². The number of rotatable bonds is 2. The van der Waals surface area contributed by atoms with Gasteiger partial charge in [0.1, 0.15) is 8.24 Å². The molecule has 2 nitrogen and oxygen atoms in total. The van der Waals surface area contributed by atoms with Gasteiger partial charge in [-0.25, -0.2) is 0 Å². The van der Waals surface area contributed by atoms with Crippen molar-refractivity contribution in [3.63, 3.8) is 0 Å². The van der Waals surface area contributed by atoms with Crippen molar-refractivity contribution in [3.05, 3.63) is 0 Å². The summed E-state index contributed by atoms with van der Waals surface area (Å²) in [5, 5.41) is 0. The molecule has 0 heterocycles. The highest BCUT2D eigenvalue weighted by molar-refractivity contribution is 6.82. The fourth-order valence-corrected chi connectivity index (χ4v) is 6.97. The first kappa shape index (κ1) is 13.0. The molecule has 0 unspecified atom stereocenters. The molecule has 0 spiro atoms. The smallest absolute Gasteiger partial charge is 0.111 e. The summed E-state index contributed by atoms with van der Waals surface area (Å²) < 4.78 is 2.63. The van der Waals surface area contributed by atoms with E-state index in [1.165, 1.54) is 0 Å².